The van der Waals surface area contributed by atoms with E-state index in [2.05, 4.69) is 15.4 Å². The maximum Gasteiger partial charge on any atom is 0.293 e. The van der Waals surface area contributed by atoms with Gasteiger partial charge in [-0.1, -0.05) is 29.3 Å². The summed E-state index contributed by atoms with van der Waals surface area (Å²) in [6, 6.07) is 11.1. The highest BCUT2D eigenvalue weighted by atomic mass is 35.5. The predicted octanol–water partition coefficient (Wildman–Crippen LogP) is 5.34. The zero-order valence-electron chi connectivity index (χ0n) is 16.2. The highest BCUT2D eigenvalue weighted by Crippen LogP contribution is 2.26. The van der Waals surface area contributed by atoms with Crippen LogP contribution in [-0.2, 0) is 13.2 Å². The second kappa shape index (κ2) is 9.37. The molecule has 0 aliphatic carbocycles. The molecule has 0 fully saturated rings. The van der Waals surface area contributed by atoms with Gasteiger partial charge < -0.3 is 9.15 Å². The van der Waals surface area contributed by atoms with Gasteiger partial charge in [0.15, 0.2) is 5.76 Å². The second-order valence-corrected chi connectivity index (χ2v) is 7.36. The van der Waals surface area contributed by atoms with Gasteiger partial charge in [0, 0.05) is 10.6 Å². The number of carbonyl (C=O) groups is 1. The number of hydrogen-bond acceptors (Lipinski definition) is 5. The molecule has 0 bridgehead atoms. The largest absolute Gasteiger partial charge is 0.484 e. The van der Waals surface area contributed by atoms with E-state index in [0.29, 0.717) is 5.76 Å². The fraction of sp³-hybridized carbons (Fsp3) is 0.0952. The van der Waals surface area contributed by atoms with Crippen molar-refractivity contribution < 1.29 is 22.7 Å². The molecule has 0 saturated heterocycles. The minimum absolute atomic E-state index is 0.00213. The van der Waals surface area contributed by atoms with Crippen LogP contribution in [0.1, 0.15) is 21.9 Å². The molecule has 1 N–H and O–H groups in total. The average Bonchev–Trinajstić information content (AvgIpc) is 3.40. The molecule has 0 radical (unpaired) electrons. The molecular formula is C21H14Cl2F2N4O3. The van der Waals surface area contributed by atoms with Gasteiger partial charge in [-0.2, -0.15) is 0 Å². The van der Waals surface area contributed by atoms with Crippen molar-refractivity contribution in [1.29, 1.82) is 0 Å². The third-order valence-electron chi connectivity index (χ3n) is 4.29. The van der Waals surface area contributed by atoms with Gasteiger partial charge in [-0.15, -0.1) is 5.10 Å². The summed E-state index contributed by atoms with van der Waals surface area (Å²) in [5, 5.41) is 6.96. The first kappa shape index (κ1) is 21.8. The maximum absolute atomic E-state index is 13.9. The van der Waals surface area contributed by atoms with E-state index in [-0.39, 0.29) is 46.2 Å². The Hall–Kier alpha value is -3.43. The SMILES string of the molecule is O=C(Nc1ncn(Cc2c(F)cccc2Cl)n1)c1ccc(COc2ccc(F)cc2Cl)o1. The second-order valence-electron chi connectivity index (χ2n) is 6.55. The van der Waals surface area contributed by atoms with Crippen molar-refractivity contribution in [3.63, 3.8) is 0 Å². The van der Waals surface area contributed by atoms with Gasteiger partial charge in [-0.25, -0.2) is 18.4 Å². The Morgan fingerprint density at radius 3 is 2.75 bits per heavy atom. The number of benzene rings is 2. The van der Waals surface area contributed by atoms with E-state index in [1.165, 1.54) is 41.3 Å². The molecule has 7 nitrogen and oxygen atoms in total. The molecular weight excluding hydrogens is 465 g/mol. The van der Waals surface area contributed by atoms with Crippen LogP contribution in [0.4, 0.5) is 14.7 Å². The van der Waals surface area contributed by atoms with Crippen LogP contribution >= 0.6 is 23.2 Å². The number of furan rings is 1. The van der Waals surface area contributed by atoms with Gasteiger partial charge in [-0.05, 0) is 42.5 Å². The molecule has 4 rings (SSSR count). The molecule has 2 heterocycles. The van der Waals surface area contributed by atoms with Gasteiger partial charge in [0.05, 0.1) is 11.6 Å². The number of hydrogen-bond donors (Lipinski definition) is 1. The van der Waals surface area contributed by atoms with Gasteiger partial charge >= 0.3 is 0 Å². The van der Waals surface area contributed by atoms with Crippen LogP contribution in [0.5, 0.6) is 5.75 Å². The van der Waals surface area contributed by atoms with E-state index in [4.69, 9.17) is 32.4 Å². The lowest BCUT2D eigenvalue weighted by Gasteiger charge is -2.06. The molecule has 0 atom stereocenters. The summed E-state index contributed by atoms with van der Waals surface area (Å²) in [5.41, 5.74) is 0.258. The van der Waals surface area contributed by atoms with E-state index in [0.717, 1.165) is 6.07 Å². The molecule has 2 aromatic heterocycles. The smallest absolute Gasteiger partial charge is 0.293 e. The summed E-state index contributed by atoms with van der Waals surface area (Å²) in [4.78, 5) is 16.4. The van der Waals surface area contributed by atoms with Crippen LogP contribution in [0, 0.1) is 11.6 Å². The predicted molar refractivity (Wildman–Crippen MR) is 113 cm³/mol. The van der Waals surface area contributed by atoms with Crippen molar-refractivity contribution in [3.05, 3.63) is 93.6 Å². The number of aromatic nitrogens is 3. The summed E-state index contributed by atoms with van der Waals surface area (Å²) in [6.45, 7) is 0.0253. The third kappa shape index (κ3) is 5.06. The molecule has 0 aliphatic heterocycles. The van der Waals surface area contributed by atoms with Gasteiger partial charge in [-0.3, -0.25) is 10.1 Å². The van der Waals surface area contributed by atoms with Crippen LogP contribution in [0.25, 0.3) is 0 Å². The first-order chi connectivity index (χ1) is 15.4. The topological polar surface area (TPSA) is 82.2 Å². The molecule has 1 amide bonds. The van der Waals surface area contributed by atoms with E-state index >= 15 is 0 Å². The lowest BCUT2D eigenvalue weighted by atomic mass is 10.2. The van der Waals surface area contributed by atoms with E-state index in [1.807, 2.05) is 0 Å². The Labute approximate surface area is 190 Å². The van der Waals surface area contributed by atoms with Crippen molar-refractivity contribution in [2.75, 3.05) is 5.32 Å². The Morgan fingerprint density at radius 1 is 1.12 bits per heavy atom. The first-order valence-corrected chi connectivity index (χ1v) is 9.95. The summed E-state index contributed by atoms with van der Waals surface area (Å²) < 4.78 is 39.3. The fourth-order valence-corrected chi connectivity index (χ4v) is 3.20. The summed E-state index contributed by atoms with van der Waals surface area (Å²) >= 11 is 11.9. The zero-order valence-corrected chi connectivity index (χ0v) is 17.7. The molecule has 0 saturated carbocycles. The van der Waals surface area contributed by atoms with Gasteiger partial charge in [0.2, 0.25) is 5.95 Å². The standard InChI is InChI=1S/C21H14Cl2F2N4O3/c22-15-2-1-3-17(25)14(15)9-29-11-26-21(28-29)27-20(30)19-7-5-13(32-19)10-31-18-6-4-12(24)8-16(18)23/h1-8,11H,9-10H2,(H,27,28,30). The molecule has 4 aromatic rings. The zero-order chi connectivity index (χ0) is 22.7. The minimum atomic E-state index is -0.585. The van der Waals surface area contributed by atoms with Crippen molar-refractivity contribution in [3.8, 4) is 5.75 Å². The molecule has 32 heavy (non-hydrogen) atoms. The lowest BCUT2D eigenvalue weighted by Crippen LogP contribution is -2.13. The Bertz CT molecular complexity index is 1260. The summed E-state index contributed by atoms with van der Waals surface area (Å²) in [6.07, 6.45) is 1.34. The minimum Gasteiger partial charge on any atom is -0.484 e. The van der Waals surface area contributed by atoms with Crippen LogP contribution in [0.15, 0.2) is 59.3 Å². The highest BCUT2D eigenvalue weighted by Gasteiger charge is 2.15. The average molecular weight is 479 g/mol. The maximum atomic E-state index is 13.9. The number of ether oxygens (including phenoxy) is 1. The van der Waals surface area contributed by atoms with Crippen LogP contribution in [-0.4, -0.2) is 20.7 Å². The van der Waals surface area contributed by atoms with Crippen molar-refractivity contribution in [2.24, 2.45) is 0 Å². The van der Waals surface area contributed by atoms with E-state index in [9.17, 15) is 13.6 Å². The normalized spacial score (nSPS) is 10.9. The number of rotatable bonds is 7. The molecule has 0 spiro atoms. The van der Waals surface area contributed by atoms with Crippen molar-refractivity contribution in [1.82, 2.24) is 14.8 Å². The fourth-order valence-electron chi connectivity index (χ4n) is 2.76. The van der Waals surface area contributed by atoms with Gasteiger partial charge in [0.25, 0.3) is 5.91 Å². The van der Waals surface area contributed by atoms with E-state index in [1.54, 1.807) is 12.1 Å². The monoisotopic (exact) mass is 478 g/mol. The summed E-state index contributed by atoms with van der Waals surface area (Å²) in [7, 11) is 0. The Balaban J connectivity index is 1.36. The van der Waals surface area contributed by atoms with Gasteiger partial charge in [0.1, 0.15) is 36.1 Å². The first-order valence-electron chi connectivity index (χ1n) is 9.19. The summed E-state index contributed by atoms with van der Waals surface area (Å²) in [5.74, 6) is -0.892. The number of amides is 1. The van der Waals surface area contributed by atoms with Crippen molar-refractivity contribution in [2.45, 2.75) is 13.2 Å². The third-order valence-corrected chi connectivity index (χ3v) is 4.94. The van der Waals surface area contributed by atoms with Crippen molar-refractivity contribution >= 4 is 35.1 Å². The van der Waals surface area contributed by atoms with E-state index < -0.39 is 17.5 Å². The van der Waals surface area contributed by atoms with Crippen LogP contribution in [0.3, 0.4) is 0 Å². The molecule has 0 aliphatic rings. The van der Waals surface area contributed by atoms with Crippen LogP contribution < -0.4 is 10.1 Å². The quantitative estimate of drug-likeness (QED) is 0.387. The van der Waals surface area contributed by atoms with Crippen LogP contribution in [0.2, 0.25) is 10.0 Å². The number of anilines is 1. The number of nitrogens with one attached hydrogen (secondary N) is 1. The Kier molecular flexibility index (Phi) is 6.38. The molecule has 11 heteroatoms. The number of nitrogens with zero attached hydrogens (tertiary/aromatic N) is 3. The molecule has 164 valence electrons. The number of carbonyl (C=O) groups excluding carboxylic acids is 1. The molecule has 2 aromatic carbocycles. The number of halogens is 4. The molecule has 0 unspecified atom stereocenters. The lowest BCUT2D eigenvalue weighted by molar-refractivity contribution is 0.0991. The highest BCUT2D eigenvalue weighted by molar-refractivity contribution is 6.32. The Morgan fingerprint density at radius 2 is 1.97 bits per heavy atom.